The van der Waals surface area contributed by atoms with E-state index in [1.165, 1.54) is 88.8 Å². The first-order valence-corrected chi connectivity index (χ1v) is 19.8. The van der Waals surface area contributed by atoms with Gasteiger partial charge in [0.25, 0.3) is 0 Å². The van der Waals surface area contributed by atoms with Crippen LogP contribution < -0.4 is 5.32 Å². The summed E-state index contributed by atoms with van der Waals surface area (Å²) in [5.41, 5.74) is 19.4. The van der Waals surface area contributed by atoms with Crippen molar-refractivity contribution < 1.29 is 0 Å². The molecule has 1 aliphatic rings. The molecule has 0 radical (unpaired) electrons. The van der Waals surface area contributed by atoms with E-state index in [2.05, 4.69) is 221 Å². The highest BCUT2D eigenvalue weighted by molar-refractivity contribution is 6.17. The third-order valence-corrected chi connectivity index (χ3v) is 11.5. The molecule has 270 valence electrons. The third kappa shape index (κ3) is 5.55. The van der Waals surface area contributed by atoms with Gasteiger partial charge < -0.3 is 14.5 Å². The number of rotatable bonds is 7. The van der Waals surface area contributed by atoms with Gasteiger partial charge in [0.05, 0.1) is 22.4 Å². The Morgan fingerprint density at radius 3 is 1.46 bits per heavy atom. The quantitative estimate of drug-likeness (QED) is 0.173. The highest BCUT2D eigenvalue weighted by Crippen LogP contribution is 2.55. The Morgan fingerprint density at radius 1 is 0.333 bits per heavy atom. The van der Waals surface area contributed by atoms with E-state index in [4.69, 9.17) is 0 Å². The van der Waals surface area contributed by atoms with E-state index in [0.717, 1.165) is 24.5 Å². The lowest BCUT2D eigenvalue weighted by molar-refractivity contribution is 0.693. The Hall–Kier alpha value is -7.20. The predicted molar refractivity (Wildman–Crippen MR) is 238 cm³/mol. The molecule has 8 aromatic carbocycles. The number of benzene rings is 8. The van der Waals surface area contributed by atoms with Gasteiger partial charge in [0.2, 0.25) is 0 Å². The standard InChI is InChI=1S/C54H39N3/c1-4-17-37(18-5-1)35-55-36-38-19-16-20-39(33-38)40-31-32-45-48(34-40)52-47-28-13-15-30-50(47)56(41-21-6-2-7-22-41)53(52)44-26-11-10-25-43(44)51-46-27-12-14-29-49(46)57(54(45)51)42-23-8-3-9-24-42/h1-34,55H,35-36H2. The summed E-state index contributed by atoms with van der Waals surface area (Å²) >= 11 is 0. The van der Waals surface area contributed by atoms with Crippen molar-refractivity contribution in [3.8, 4) is 67.3 Å². The largest absolute Gasteiger partial charge is 0.309 e. The molecule has 0 saturated carbocycles. The highest BCUT2D eigenvalue weighted by atomic mass is 15.0. The maximum atomic E-state index is 3.66. The van der Waals surface area contributed by atoms with Crippen molar-refractivity contribution >= 4 is 21.8 Å². The van der Waals surface area contributed by atoms with Gasteiger partial charge in [-0.2, -0.15) is 0 Å². The van der Waals surface area contributed by atoms with Crippen molar-refractivity contribution in [3.05, 3.63) is 217 Å². The number of hydrogen-bond acceptors (Lipinski definition) is 1. The zero-order valence-corrected chi connectivity index (χ0v) is 31.4. The summed E-state index contributed by atoms with van der Waals surface area (Å²) < 4.78 is 4.97. The normalized spacial score (nSPS) is 11.7. The van der Waals surface area contributed by atoms with Crippen LogP contribution in [0.3, 0.4) is 0 Å². The Balaban J connectivity index is 1.21. The molecule has 57 heavy (non-hydrogen) atoms. The molecule has 3 heteroatoms. The van der Waals surface area contributed by atoms with Crippen molar-refractivity contribution in [2.45, 2.75) is 13.1 Å². The second kappa shape index (κ2) is 13.8. The van der Waals surface area contributed by atoms with Crippen LogP contribution in [0.2, 0.25) is 0 Å². The fraction of sp³-hybridized carbons (Fsp3) is 0.0370. The SMILES string of the molecule is c1ccc(CNCc2cccc(-c3ccc4c(c3)-c3c(n(-c5ccccc5)c5ccccc35)-c3ccccc3-c3c-4n(-c4ccccc4)c4ccccc34)c2)cc1. The number of para-hydroxylation sites is 4. The van der Waals surface area contributed by atoms with Crippen LogP contribution in [0.4, 0.5) is 0 Å². The van der Waals surface area contributed by atoms with Crippen LogP contribution in [-0.2, 0) is 13.1 Å². The zero-order chi connectivity index (χ0) is 37.7. The third-order valence-electron chi connectivity index (χ3n) is 11.5. The Morgan fingerprint density at radius 2 is 0.807 bits per heavy atom. The second-order valence-corrected chi connectivity index (χ2v) is 14.9. The van der Waals surface area contributed by atoms with Crippen molar-refractivity contribution in [2.24, 2.45) is 0 Å². The minimum atomic E-state index is 0.791. The summed E-state index contributed by atoms with van der Waals surface area (Å²) in [6, 6.07) is 75.4. The summed E-state index contributed by atoms with van der Waals surface area (Å²) in [7, 11) is 0. The van der Waals surface area contributed by atoms with Crippen LogP contribution in [0, 0.1) is 0 Å². The van der Waals surface area contributed by atoms with E-state index in [0.29, 0.717) is 0 Å². The molecule has 0 bridgehead atoms. The van der Waals surface area contributed by atoms with Crippen LogP contribution in [0.1, 0.15) is 11.1 Å². The smallest absolute Gasteiger partial charge is 0.0625 e. The molecule has 0 amide bonds. The van der Waals surface area contributed by atoms with Gasteiger partial charge in [0, 0.05) is 57.5 Å². The van der Waals surface area contributed by atoms with Gasteiger partial charge in [-0.1, -0.05) is 158 Å². The van der Waals surface area contributed by atoms with E-state index < -0.39 is 0 Å². The molecule has 0 saturated heterocycles. The minimum absolute atomic E-state index is 0.791. The average molecular weight is 730 g/mol. The molecule has 11 rings (SSSR count). The minimum Gasteiger partial charge on any atom is -0.309 e. The van der Waals surface area contributed by atoms with E-state index in [1.54, 1.807) is 0 Å². The summed E-state index contributed by atoms with van der Waals surface area (Å²) in [5.74, 6) is 0. The van der Waals surface area contributed by atoms with Gasteiger partial charge in [-0.15, -0.1) is 0 Å². The van der Waals surface area contributed by atoms with Crippen LogP contribution in [-0.4, -0.2) is 9.13 Å². The van der Waals surface area contributed by atoms with Gasteiger partial charge in [-0.05, 0) is 81.9 Å². The first-order valence-electron chi connectivity index (χ1n) is 19.8. The number of nitrogens with zero attached hydrogens (tertiary/aromatic N) is 2. The summed E-state index contributed by atoms with van der Waals surface area (Å²) in [6.07, 6.45) is 0. The van der Waals surface area contributed by atoms with E-state index in [-0.39, 0.29) is 0 Å². The Labute approximate surface area is 332 Å². The fourth-order valence-corrected chi connectivity index (χ4v) is 9.08. The first kappa shape index (κ1) is 33.2. The van der Waals surface area contributed by atoms with Gasteiger partial charge in [0.15, 0.2) is 0 Å². The molecule has 3 nitrogen and oxygen atoms in total. The fourth-order valence-electron chi connectivity index (χ4n) is 9.08. The number of nitrogens with one attached hydrogen (secondary N) is 1. The molecular formula is C54H39N3. The lowest BCUT2D eigenvalue weighted by atomic mass is 9.83. The average Bonchev–Trinajstić information content (AvgIpc) is 3.80. The zero-order valence-electron chi connectivity index (χ0n) is 31.4. The highest BCUT2D eigenvalue weighted by Gasteiger charge is 2.32. The van der Waals surface area contributed by atoms with E-state index >= 15 is 0 Å². The van der Waals surface area contributed by atoms with Crippen molar-refractivity contribution in [3.63, 3.8) is 0 Å². The van der Waals surface area contributed by atoms with E-state index in [1.807, 2.05) is 0 Å². The second-order valence-electron chi connectivity index (χ2n) is 14.9. The Kier molecular flexibility index (Phi) is 8.04. The summed E-state index contributed by atoms with van der Waals surface area (Å²) in [4.78, 5) is 0. The molecule has 10 aromatic rings. The molecule has 0 fully saturated rings. The summed E-state index contributed by atoms with van der Waals surface area (Å²) in [5, 5.41) is 6.13. The van der Waals surface area contributed by atoms with Crippen molar-refractivity contribution in [1.29, 1.82) is 0 Å². The predicted octanol–water partition coefficient (Wildman–Crippen LogP) is 13.5. The maximum absolute atomic E-state index is 3.66. The van der Waals surface area contributed by atoms with Gasteiger partial charge >= 0.3 is 0 Å². The number of hydrogen-bond donors (Lipinski definition) is 1. The molecule has 0 atom stereocenters. The topological polar surface area (TPSA) is 21.9 Å². The molecule has 1 N–H and O–H groups in total. The van der Waals surface area contributed by atoms with Crippen molar-refractivity contribution in [2.75, 3.05) is 0 Å². The molecule has 2 heterocycles. The molecule has 0 aliphatic heterocycles. The van der Waals surface area contributed by atoms with Crippen LogP contribution >= 0.6 is 0 Å². The number of aromatic nitrogens is 2. The lowest BCUT2D eigenvalue weighted by Crippen LogP contribution is -2.12. The molecule has 0 unspecified atom stereocenters. The Bertz CT molecular complexity index is 3040. The van der Waals surface area contributed by atoms with E-state index in [9.17, 15) is 0 Å². The monoisotopic (exact) mass is 729 g/mol. The summed E-state index contributed by atoms with van der Waals surface area (Å²) in [6.45, 7) is 1.62. The molecule has 0 spiro atoms. The molecule has 1 aliphatic carbocycles. The van der Waals surface area contributed by atoms with Gasteiger partial charge in [-0.25, -0.2) is 0 Å². The maximum Gasteiger partial charge on any atom is 0.0625 e. The lowest BCUT2D eigenvalue weighted by Gasteiger charge is -2.23. The number of fused-ring (bicyclic) bond motifs is 12. The van der Waals surface area contributed by atoms with Crippen LogP contribution in [0.15, 0.2) is 206 Å². The van der Waals surface area contributed by atoms with Crippen LogP contribution in [0.5, 0.6) is 0 Å². The molecular weight excluding hydrogens is 691 g/mol. The first-order chi connectivity index (χ1) is 28.3. The van der Waals surface area contributed by atoms with Crippen LogP contribution in [0.25, 0.3) is 89.1 Å². The van der Waals surface area contributed by atoms with Gasteiger partial charge in [0.1, 0.15) is 0 Å². The van der Waals surface area contributed by atoms with Gasteiger partial charge in [-0.3, -0.25) is 0 Å². The van der Waals surface area contributed by atoms with Crippen molar-refractivity contribution in [1.82, 2.24) is 14.5 Å². The molecule has 2 aromatic heterocycles.